The molecule has 1 atom stereocenters. The van der Waals surface area contributed by atoms with Gasteiger partial charge in [0.1, 0.15) is 11.9 Å². The molecule has 0 heterocycles. The Kier molecular flexibility index (Phi) is 5.26. The first-order valence-corrected chi connectivity index (χ1v) is 5.50. The minimum atomic E-state index is -0.972. The second kappa shape index (κ2) is 6.70. The Balaban J connectivity index is 2.32. The summed E-state index contributed by atoms with van der Waals surface area (Å²) in [4.78, 5) is 22.0. The van der Waals surface area contributed by atoms with E-state index in [2.05, 4.69) is 10.6 Å². The maximum atomic E-state index is 12.8. The number of aliphatic carboxylic acids is 1. The van der Waals surface area contributed by atoms with Gasteiger partial charge in [0.2, 0.25) is 5.91 Å². The first-order chi connectivity index (χ1) is 8.49. The van der Waals surface area contributed by atoms with Crippen molar-refractivity contribution in [2.24, 2.45) is 0 Å². The minimum Gasteiger partial charge on any atom is -0.480 e. The molecular formula is C12H15FN2O3. The van der Waals surface area contributed by atoms with E-state index in [1.165, 1.54) is 25.1 Å². The van der Waals surface area contributed by atoms with Crippen LogP contribution in [0, 0.1) is 5.82 Å². The summed E-state index contributed by atoms with van der Waals surface area (Å²) in [6, 6.07) is 4.87. The van der Waals surface area contributed by atoms with Crippen LogP contribution in [-0.4, -0.2) is 29.6 Å². The van der Waals surface area contributed by atoms with Crippen molar-refractivity contribution in [2.75, 3.05) is 11.9 Å². The quantitative estimate of drug-likeness (QED) is 0.713. The number of rotatable bonds is 6. The first kappa shape index (κ1) is 14.1. The number of carbonyl (C=O) groups excluding carboxylic acids is 1. The average molecular weight is 254 g/mol. The molecule has 98 valence electrons. The lowest BCUT2D eigenvalue weighted by atomic mass is 10.3. The van der Waals surface area contributed by atoms with Crippen LogP contribution in [-0.2, 0) is 9.59 Å². The summed E-state index contributed by atoms with van der Waals surface area (Å²) < 4.78 is 12.8. The van der Waals surface area contributed by atoms with Gasteiger partial charge in [0.15, 0.2) is 0 Å². The summed E-state index contributed by atoms with van der Waals surface area (Å²) in [5, 5.41) is 13.8. The van der Waals surface area contributed by atoms with E-state index in [0.29, 0.717) is 5.69 Å². The summed E-state index contributed by atoms with van der Waals surface area (Å²) >= 11 is 0. The van der Waals surface area contributed by atoms with Crippen molar-refractivity contribution in [1.29, 1.82) is 0 Å². The molecule has 0 saturated heterocycles. The van der Waals surface area contributed by atoms with Crippen molar-refractivity contribution in [3.05, 3.63) is 30.1 Å². The normalized spacial score (nSPS) is 11.9. The molecule has 5 nitrogen and oxygen atoms in total. The van der Waals surface area contributed by atoms with Gasteiger partial charge in [-0.3, -0.25) is 9.59 Å². The molecule has 1 aromatic carbocycles. The highest BCUT2D eigenvalue weighted by Gasteiger charge is 2.10. The smallest absolute Gasteiger partial charge is 0.320 e. The summed E-state index contributed by atoms with van der Waals surface area (Å²) in [6.45, 7) is 1.74. The number of nitrogens with one attached hydrogen (secondary N) is 2. The van der Waals surface area contributed by atoms with Crippen LogP contribution in [0.1, 0.15) is 13.3 Å². The molecule has 1 aromatic rings. The van der Waals surface area contributed by atoms with Gasteiger partial charge in [0.25, 0.3) is 0 Å². The Morgan fingerprint density at radius 2 is 2.17 bits per heavy atom. The highest BCUT2D eigenvalue weighted by molar-refractivity contribution is 5.90. The van der Waals surface area contributed by atoms with E-state index in [-0.39, 0.29) is 18.9 Å². The molecule has 0 aliphatic heterocycles. The largest absolute Gasteiger partial charge is 0.480 e. The summed E-state index contributed by atoms with van der Waals surface area (Å²) in [5.41, 5.74) is 0.381. The molecular weight excluding hydrogens is 239 g/mol. The van der Waals surface area contributed by atoms with E-state index in [0.717, 1.165) is 0 Å². The van der Waals surface area contributed by atoms with E-state index >= 15 is 0 Å². The van der Waals surface area contributed by atoms with Crippen LogP contribution in [0.2, 0.25) is 0 Å². The molecule has 1 amide bonds. The van der Waals surface area contributed by atoms with Crippen LogP contribution < -0.4 is 10.6 Å². The zero-order valence-corrected chi connectivity index (χ0v) is 9.94. The lowest BCUT2D eigenvalue weighted by Crippen LogP contribution is -2.35. The highest BCUT2D eigenvalue weighted by atomic mass is 19.1. The van der Waals surface area contributed by atoms with Crippen LogP contribution in [0.15, 0.2) is 24.3 Å². The first-order valence-electron chi connectivity index (χ1n) is 5.50. The van der Waals surface area contributed by atoms with Crippen LogP contribution in [0.4, 0.5) is 10.1 Å². The predicted molar refractivity (Wildman–Crippen MR) is 64.7 cm³/mol. The number of anilines is 1. The molecule has 0 radical (unpaired) electrons. The van der Waals surface area contributed by atoms with Gasteiger partial charge in [-0.05, 0) is 25.1 Å². The molecule has 0 saturated carbocycles. The van der Waals surface area contributed by atoms with E-state index in [9.17, 15) is 14.0 Å². The number of carboxylic acids is 1. The minimum absolute atomic E-state index is 0.119. The molecule has 3 N–H and O–H groups in total. The molecule has 0 bridgehead atoms. The van der Waals surface area contributed by atoms with Crippen LogP contribution in [0.25, 0.3) is 0 Å². The standard InChI is InChI=1S/C12H15FN2O3/c1-8(12(17)18)14-6-5-11(16)15-10-4-2-3-9(13)7-10/h2-4,7-8,14H,5-6H2,1H3,(H,15,16)(H,17,18)/t8-/m0/s1. The van der Waals surface area contributed by atoms with Crippen LogP contribution >= 0.6 is 0 Å². The third-order valence-electron chi connectivity index (χ3n) is 2.28. The van der Waals surface area contributed by atoms with Crippen LogP contribution in [0.3, 0.4) is 0 Å². The second-order valence-electron chi connectivity index (χ2n) is 3.82. The van der Waals surface area contributed by atoms with Gasteiger partial charge in [-0.15, -0.1) is 0 Å². The number of halogens is 1. The van der Waals surface area contributed by atoms with Crippen molar-refractivity contribution in [1.82, 2.24) is 5.32 Å². The molecule has 0 fully saturated rings. The number of hydrogen-bond donors (Lipinski definition) is 3. The molecule has 0 aliphatic carbocycles. The molecule has 1 rings (SSSR count). The lowest BCUT2D eigenvalue weighted by Gasteiger charge is -2.09. The van der Waals surface area contributed by atoms with Gasteiger partial charge in [0.05, 0.1) is 0 Å². The van der Waals surface area contributed by atoms with Crippen LogP contribution in [0.5, 0.6) is 0 Å². The number of amides is 1. The lowest BCUT2D eigenvalue weighted by molar-refractivity contribution is -0.139. The average Bonchev–Trinajstić information content (AvgIpc) is 2.28. The SMILES string of the molecule is C[C@H](NCCC(=O)Nc1cccc(F)c1)C(=O)O. The Morgan fingerprint density at radius 1 is 1.44 bits per heavy atom. The third-order valence-corrected chi connectivity index (χ3v) is 2.28. The van der Waals surface area contributed by atoms with Crippen molar-refractivity contribution in [2.45, 2.75) is 19.4 Å². The summed E-state index contributed by atoms with van der Waals surface area (Å²) in [7, 11) is 0. The van der Waals surface area contributed by atoms with Crippen molar-refractivity contribution in [3.63, 3.8) is 0 Å². The topological polar surface area (TPSA) is 78.4 Å². The monoisotopic (exact) mass is 254 g/mol. The Hall–Kier alpha value is -1.95. The summed E-state index contributed by atoms with van der Waals surface area (Å²) in [5.74, 6) is -1.70. The molecule has 0 aromatic heterocycles. The van der Waals surface area contributed by atoms with Gasteiger partial charge in [-0.1, -0.05) is 6.07 Å². The molecule has 6 heteroatoms. The maximum absolute atomic E-state index is 12.8. The Labute approximate surface area is 104 Å². The molecule has 18 heavy (non-hydrogen) atoms. The highest BCUT2D eigenvalue weighted by Crippen LogP contribution is 2.09. The Morgan fingerprint density at radius 3 is 2.78 bits per heavy atom. The number of carboxylic acid groups (broad SMARTS) is 1. The van der Waals surface area contributed by atoms with Gasteiger partial charge < -0.3 is 15.7 Å². The fourth-order valence-electron chi connectivity index (χ4n) is 1.28. The maximum Gasteiger partial charge on any atom is 0.320 e. The van der Waals surface area contributed by atoms with Crippen molar-refractivity contribution >= 4 is 17.6 Å². The zero-order valence-electron chi connectivity index (χ0n) is 9.94. The number of hydrogen-bond acceptors (Lipinski definition) is 3. The van der Waals surface area contributed by atoms with Gasteiger partial charge in [0, 0.05) is 18.7 Å². The third kappa shape index (κ3) is 4.92. The van der Waals surface area contributed by atoms with E-state index in [4.69, 9.17) is 5.11 Å². The molecule has 0 unspecified atom stereocenters. The summed E-state index contributed by atoms with van der Waals surface area (Å²) in [6.07, 6.45) is 0.119. The fourth-order valence-corrected chi connectivity index (χ4v) is 1.28. The number of benzene rings is 1. The molecule has 0 spiro atoms. The van der Waals surface area contributed by atoms with Gasteiger partial charge in [-0.2, -0.15) is 0 Å². The van der Waals surface area contributed by atoms with E-state index < -0.39 is 17.8 Å². The van der Waals surface area contributed by atoms with E-state index in [1.54, 1.807) is 6.07 Å². The fraction of sp³-hybridized carbons (Fsp3) is 0.333. The zero-order chi connectivity index (χ0) is 13.5. The number of carbonyl (C=O) groups is 2. The van der Waals surface area contributed by atoms with Gasteiger partial charge >= 0.3 is 5.97 Å². The van der Waals surface area contributed by atoms with E-state index in [1.807, 2.05) is 0 Å². The Bertz CT molecular complexity index is 437. The van der Waals surface area contributed by atoms with Crippen molar-refractivity contribution in [3.8, 4) is 0 Å². The second-order valence-corrected chi connectivity index (χ2v) is 3.82. The van der Waals surface area contributed by atoms with Crippen molar-refractivity contribution < 1.29 is 19.1 Å². The predicted octanol–water partition coefficient (Wildman–Crippen LogP) is 1.22. The van der Waals surface area contributed by atoms with Gasteiger partial charge in [-0.25, -0.2) is 4.39 Å². The molecule has 0 aliphatic rings.